The van der Waals surface area contributed by atoms with Crippen LogP contribution >= 0.6 is 15.9 Å². The first-order chi connectivity index (χ1) is 9.33. The molecule has 0 radical (unpaired) electrons. The molecule has 0 N–H and O–H groups in total. The van der Waals surface area contributed by atoms with E-state index in [1.807, 2.05) is 27.0 Å². The van der Waals surface area contributed by atoms with Crippen LogP contribution in [0.2, 0.25) is 0 Å². The van der Waals surface area contributed by atoms with Crippen molar-refractivity contribution in [1.82, 2.24) is 14.7 Å². The lowest BCUT2D eigenvalue weighted by molar-refractivity contribution is -0.0483. The topological polar surface area (TPSA) is 56.6 Å². The van der Waals surface area contributed by atoms with Gasteiger partial charge in [0, 0.05) is 12.7 Å². The van der Waals surface area contributed by atoms with Crippen LogP contribution in [0.15, 0.2) is 16.9 Å². The van der Waals surface area contributed by atoms with Crippen molar-refractivity contribution < 1.29 is 14.3 Å². The number of ether oxygens (including phenoxy) is 2. The van der Waals surface area contributed by atoms with Crippen molar-refractivity contribution in [3.63, 3.8) is 0 Å². The monoisotopic (exact) mass is 345 g/mol. The summed E-state index contributed by atoms with van der Waals surface area (Å²) in [6, 6.07) is 0. The summed E-state index contributed by atoms with van der Waals surface area (Å²) in [5.74, 6) is 0. The maximum atomic E-state index is 12.0. The van der Waals surface area contributed by atoms with E-state index in [9.17, 15) is 4.79 Å². The van der Waals surface area contributed by atoms with Gasteiger partial charge in [0.1, 0.15) is 5.60 Å². The van der Waals surface area contributed by atoms with E-state index in [-0.39, 0.29) is 12.2 Å². The standard InChI is InChI=1S/C13H20BrN3O3/c1-13(2,3)20-12(18)16-4-5-19-11(8-16)9-17-7-10(14)6-15-17/h6-7,11H,4-5,8-9H2,1-3H3/t11-/m0/s1. The summed E-state index contributed by atoms with van der Waals surface area (Å²) in [5.41, 5.74) is -0.474. The fourth-order valence-electron chi connectivity index (χ4n) is 1.97. The highest BCUT2D eigenvalue weighted by molar-refractivity contribution is 9.10. The normalized spacial score (nSPS) is 20.0. The first kappa shape index (κ1) is 15.3. The Morgan fingerprint density at radius 2 is 2.35 bits per heavy atom. The van der Waals surface area contributed by atoms with Gasteiger partial charge in [0.15, 0.2) is 0 Å². The SMILES string of the molecule is CC(C)(C)OC(=O)N1CCO[C@H](Cn2cc(Br)cn2)C1. The molecular weight excluding hydrogens is 326 g/mol. The molecule has 0 unspecified atom stereocenters. The van der Waals surface area contributed by atoms with Gasteiger partial charge in [-0.05, 0) is 36.7 Å². The number of hydrogen-bond acceptors (Lipinski definition) is 4. The number of morpholine rings is 1. The van der Waals surface area contributed by atoms with Crippen molar-refractivity contribution >= 4 is 22.0 Å². The molecule has 20 heavy (non-hydrogen) atoms. The van der Waals surface area contributed by atoms with Crippen LogP contribution in [-0.2, 0) is 16.0 Å². The van der Waals surface area contributed by atoms with Gasteiger partial charge < -0.3 is 14.4 Å². The zero-order chi connectivity index (χ0) is 14.8. The van der Waals surface area contributed by atoms with Gasteiger partial charge in [-0.15, -0.1) is 0 Å². The molecule has 0 aliphatic carbocycles. The van der Waals surface area contributed by atoms with E-state index < -0.39 is 5.60 Å². The maximum absolute atomic E-state index is 12.0. The van der Waals surface area contributed by atoms with Crippen LogP contribution in [0.4, 0.5) is 4.79 Å². The third-order valence-corrected chi connectivity index (χ3v) is 3.19. The van der Waals surface area contributed by atoms with Gasteiger partial charge >= 0.3 is 6.09 Å². The van der Waals surface area contributed by atoms with Gasteiger partial charge in [-0.1, -0.05) is 0 Å². The molecule has 1 amide bonds. The van der Waals surface area contributed by atoms with E-state index >= 15 is 0 Å². The molecule has 0 spiro atoms. The van der Waals surface area contributed by atoms with E-state index in [2.05, 4.69) is 21.0 Å². The van der Waals surface area contributed by atoms with Crippen LogP contribution in [-0.4, -0.2) is 52.2 Å². The molecule has 1 aromatic rings. The number of amides is 1. The minimum atomic E-state index is -0.474. The average Bonchev–Trinajstić information content (AvgIpc) is 2.73. The molecule has 0 bridgehead atoms. The molecular formula is C13H20BrN3O3. The summed E-state index contributed by atoms with van der Waals surface area (Å²) in [6.45, 7) is 7.82. The number of carbonyl (C=O) groups is 1. The van der Waals surface area contributed by atoms with Crippen LogP contribution in [0.25, 0.3) is 0 Å². The van der Waals surface area contributed by atoms with E-state index in [4.69, 9.17) is 9.47 Å². The number of rotatable bonds is 2. The van der Waals surface area contributed by atoms with Gasteiger partial charge in [-0.3, -0.25) is 4.68 Å². The largest absolute Gasteiger partial charge is 0.444 e. The molecule has 2 rings (SSSR count). The molecule has 7 heteroatoms. The number of aromatic nitrogens is 2. The van der Waals surface area contributed by atoms with Crippen molar-refractivity contribution in [2.24, 2.45) is 0 Å². The second-order valence-electron chi connectivity index (χ2n) is 5.80. The van der Waals surface area contributed by atoms with E-state index in [0.29, 0.717) is 26.2 Å². The fourth-order valence-corrected chi connectivity index (χ4v) is 2.30. The molecule has 6 nitrogen and oxygen atoms in total. The van der Waals surface area contributed by atoms with Gasteiger partial charge in [-0.25, -0.2) is 4.79 Å². The fraction of sp³-hybridized carbons (Fsp3) is 0.692. The maximum Gasteiger partial charge on any atom is 0.410 e. The third-order valence-electron chi connectivity index (χ3n) is 2.78. The van der Waals surface area contributed by atoms with E-state index in [1.165, 1.54) is 0 Å². The molecule has 2 heterocycles. The number of nitrogens with zero attached hydrogens (tertiary/aromatic N) is 3. The Bertz CT molecular complexity index is 470. The second-order valence-corrected chi connectivity index (χ2v) is 6.72. The number of hydrogen-bond donors (Lipinski definition) is 0. The minimum Gasteiger partial charge on any atom is -0.444 e. The first-order valence-corrected chi connectivity index (χ1v) is 7.40. The summed E-state index contributed by atoms with van der Waals surface area (Å²) in [5, 5.41) is 4.19. The van der Waals surface area contributed by atoms with Crippen molar-refractivity contribution in [3.05, 3.63) is 16.9 Å². The lowest BCUT2D eigenvalue weighted by Gasteiger charge is -2.34. The highest BCUT2D eigenvalue weighted by Gasteiger charge is 2.28. The van der Waals surface area contributed by atoms with E-state index in [1.54, 1.807) is 15.8 Å². The van der Waals surface area contributed by atoms with Crippen LogP contribution in [0, 0.1) is 0 Å². The molecule has 1 saturated heterocycles. The minimum absolute atomic E-state index is 0.0666. The molecule has 0 saturated carbocycles. The molecule has 1 atom stereocenters. The molecule has 1 aliphatic heterocycles. The highest BCUT2D eigenvalue weighted by Crippen LogP contribution is 2.14. The average molecular weight is 346 g/mol. The summed E-state index contributed by atoms with van der Waals surface area (Å²) >= 11 is 3.36. The summed E-state index contributed by atoms with van der Waals surface area (Å²) in [6.07, 6.45) is 3.26. The zero-order valence-electron chi connectivity index (χ0n) is 12.0. The molecule has 1 fully saturated rings. The molecule has 0 aromatic carbocycles. The van der Waals surface area contributed by atoms with Crippen molar-refractivity contribution in [1.29, 1.82) is 0 Å². The first-order valence-electron chi connectivity index (χ1n) is 6.61. The third kappa shape index (κ3) is 4.49. The van der Waals surface area contributed by atoms with Crippen LogP contribution in [0.5, 0.6) is 0 Å². The second kappa shape index (κ2) is 6.13. The van der Waals surface area contributed by atoms with Crippen molar-refractivity contribution in [2.45, 2.75) is 39.0 Å². The van der Waals surface area contributed by atoms with Gasteiger partial charge in [0.25, 0.3) is 0 Å². The number of halogens is 1. The van der Waals surface area contributed by atoms with Crippen molar-refractivity contribution in [2.75, 3.05) is 19.7 Å². The lowest BCUT2D eigenvalue weighted by atomic mass is 10.2. The van der Waals surface area contributed by atoms with Crippen LogP contribution < -0.4 is 0 Å². The molecule has 1 aromatic heterocycles. The Hall–Kier alpha value is -1.08. The Morgan fingerprint density at radius 3 is 2.95 bits per heavy atom. The molecule has 112 valence electrons. The van der Waals surface area contributed by atoms with Gasteiger partial charge in [-0.2, -0.15) is 5.10 Å². The predicted octanol–water partition coefficient (Wildman–Crippen LogP) is 2.28. The summed E-state index contributed by atoms with van der Waals surface area (Å²) < 4.78 is 13.8. The summed E-state index contributed by atoms with van der Waals surface area (Å²) in [4.78, 5) is 13.7. The molecule has 1 aliphatic rings. The Morgan fingerprint density at radius 1 is 1.60 bits per heavy atom. The van der Waals surface area contributed by atoms with Crippen LogP contribution in [0.3, 0.4) is 0 Å². The zero-order valence-corrected chi connectivity index (χ0v) is 13.6. The Kier molecular flexibility index (Phi) is 4.70. The number of carbonyl (C=O) groups excluding carboxylic acids is 1. The Labute approximate surface area is 127 Å². The van der Waals surface area contributed by atoms with Crippen molar-refractivity contribution in [3.8, 4) is 0 Å². The predicted molar refractivity (Wildman–Crippen MR) is 77.5 cm³/mol. The lowest BCUT2D eigenvalue weighted by Crippen LogP contribution is -2.48. The van der Waals surface area contributed by atoms with E-state index in [0.717, 1.165) is 4.47 Å². The van der Waals surface area contributed by atoms with Crippen LogP contribution in [0.1, 0.15) is 20.8 Å². The summed E-state index contributed by atoms with van der Waals surface area (Å²) in [7, 11) is 0. The van der Waals surface area contributed by atoms with Gasteiger partial charge in [0.2, 0.25) is 0 Å². The Balaban J connectivity index is 1.90. The van der Waals surface area contributed by atoms with Gasteiger partial charge in [0.05, 0.1) is 36.5 Å². The smallest absolute Gasteiger partial charge is 0.410 e. The quantitative estimate of drug-likeness (QED) is 0.825. The highest BCUT2D eigenvalue weighted by atomic mass is 79.9.